The molecule has 0 amide bonds. The predicted molar refractivity (Wildman–Crippen MR) is 148 cm³/mol. The van der Waals surface area contributed by atoms with Crippen molar-refractivity contribution in [2.45, 2.75) is 18.0 Å². The molecule has 40 heavy (non-hydrogen) atoms. The predicted octanol–water partition coefficient (Wildman–Crippen LogP) is 6.93. The molecular formula is C33H20ClF2NO3. The van der Waals surface area contributed by atoms with Crippen LogP contribution < -0.4 is 4.90 Å². The second-order valence-corrected chi connectivity index (χ2v) is 10.8. The van der Waals surface area contributed by atoms with Crippen molar-refractivity contribution in [3.8, 4) is 0 Å². The number of hydrogen-bond donors (Lipinski definition) is 0. The fourth-order valence-electron chi connectivity index (χ4n) is 6.78. The van der Waals surface area contributed by atoms with Gasteiger partial charge in [0.05, 0.1) is 6.04 Å². The van der Waals surface area contributed by atoms with E-state index in [0.717, 1.165) is 0 Å². The first-order chi connectivity index (χ1) is 19.3. The summed E-state index contributed by atoms with van der Waals surface area (Å²) in [5, 5.41) is 0.450. The molecule has 4 aromatic carbocycles. The van der Waals surface area contributed by atoms with Crippen LogP contribution in [0.1, 0.15) is 48.1 Å². The van der Waals surface area contributed by atoms with Crippen molar-refractivity contribution in [1.82, 2.24) is 0 Å². The maximum atomic E-state index is 14.5. The first kappa shape index (κ1) is 24.6. The topological polar surface area (TPSA) is 54.5 Å². The quantitative estimate of drug-likeness (QED) is 0.204. The summed E-state index contributed by atoms with van der Waals surface area (Å²) in [6.07, 6.45) is 3.41. The van der Waals surface area contributed by atoms with E-state index in [9.17, 15) is 23.2 Å². The highest BCUT2D eigenvalue weighted by atomic mass is 35.5. The van der Waals surface area contributed by atoms with Crippen LogP contribution in [0.3, 0.4) is 0 Å². The van der Waals surface area contributed by atoms with E-state index in [1.165, 1.54) is 36.4 Å². The SMILES string of the molecule is O=C(c1ccc(Cl)cc1)[C@@H]1[C@H](c2ccc(F)cc2)C2(C(=O)c3ccccc3C2=O)[C@@H]2C=Cc3cc(F)ccc3N12. The van der Waals surface area contributed by atoms with Crippen LogP contribution in [0.2, 0.25) is 5.02 Å². The Kier molecular flexibility index (Phi) is 5.41. The van der Waals surface area contributed by atoms with Crippen LogP contribution in [-0.2, 0) is 0 Å². The van der Waals surface area contributed by atoms with Gasteiger partial charge < -0.3 is 4.90 Å². The smallest absolute Gasteiger partial charge is 0.185 e. The lowest BCUT2D eigenvalue weighted by atomic mass is 9.64. The Balaban J connectivity index is 1.54. The molecule has 4 aromatic rings. The number of hydrogen-bond acceptors (Lipinski definition) is 4. The number of halogens is 3. The van der Waals surface area contributed by atoms with Crippen molar-refractivity contribution >= 4 is 40.7 Å². The van der Waals surface area contributed by atoms with Crippen LogP contribution in [0.15, 0.2) is 97.1 Å². The van der Waals surface area contributed by atoms with Crippen LogP contribution in [0, 0.1) is 17.0 Å². The van der Waals surface area contributed by atoms with Gasteiger partial charge in [0.1, 0.15) is 23.1 Å². The van der Waals surface area contributed by atoms with E-state index in [0.29, 0.717) is 27.4 Å². The molecule has 2 heterocycles. The Hall–Kier alpha value is -4.42. The zero-order valence-corrected chi connectivity index (χ0v) is 21.6. The number of anilines is 1. The van der Waals surface area contributed by atoms with E-state index >= 15 is 0 Å². The van der Waals surface area contributed by atoms with Crippen LogP contribution in [0.25, 0.3) is 6.08 Å². The third kappa shape index (κ3) is 3.26. The highest BCUT2D eigenvalue weighted by Gasteiger charge is 2.71. The number of carbonyl (C=O) groups excluding carboxylic acids is 3. The molecule has 3 atom stereocenters. The minimum Gasteiger partial charge on any atom is -0.352 e. The lowest BCUT2D eigenvalue weighted by molar-refractivity contribution is 0.0666. The molecule has 0 saturated carbocycles. The summed E-state index contributed by atoms with van der Waals surface area (Å²) in [5.41, 5.74) is 0.740. The summed E-state index contributed by atoms with van der Waals surface area (Å²) in [4.78, 5) is 45.3. The van der Waals surface area contributed by atoms with E-state index in [4.69, 9.17) is 11.6 Å². The third-order valence-electron chi connectivity index (χ3n) is 8.39. The van der Waals surface area contributed by atoms with Crippen molar-refractivity contribution in [1.29, 1.82) is 0 Å². The molecule has 1 saturated heterocycles. The van der Waals surface area contributed by atoms with Gasteiger partial charge in [-0.05, 0) is 60.2 Å². The van der Waals surface area contributed by atoms with Gasteiger partial charge in [-0.3, -0.25) is 14.4 Å². The molecule has 7 heteroatoms. The van der Waals surface area contributed by atoms with E-state index in [2.05, 4.69) is 0 Å². The first-order valence-electron chi connectivity index (χ1n) is 12.8. The lowest BCUT2D eigenvalue weighted by Crippen LogP contribution is -2.48. The van der Waals surface area contributed by atoms with Gasteiger partial charge >= 0.3 is 0 Å². The Bertz CT molecular complexity index is 1730. The number of ketones is 3. The number of carbonyl (C=O) groups is 3. The molecule has 0 unspecified atom stereocenters. The molecular weight excluding hydrogens is 532 g/mol. The molecule has 196 valence electrons. The molecule has 1 aliphatic carbocycles. The van der Waals surface area contributed by atoms with Crippen molar-refractivity contribution in [2.24, 2.45) is 5.41 Å². The number of benzene rings is 4. The van der Waals surface area contributed by atoms with Crippen molar-refractivity contribution in [2.75, 3.05) is 4.90 Å². The van der Waals surface area contributed by atoms with E-state index in [-0.39, 0.29) is 28.5 Å². The molecule has 0 radical (unpaired) electrons. The minimum atomic E-state index is -1.71. The van der Waals surface area contributed by atoms with Crippen LogP contribution >= 0.6 is 11.6 Å². The van der Waals surface area contributed by atoms with Crippen molar-refractivity contribution in [3.05, 3.63) is 142 Å². The summed E-state index contributed by atoms with van der Waals surface area (Å²) in [5.74, 6) is -3.03. The second-order valence-electron chi connectivity index (χ2n) is 10.3. The molecule has 2 aliphatic heterocycles. The van der Waals surface area contributed by atoms with Gasteiger partial charge in [-0.2, -0.15) is 0 Å². The van der Waals surface area contributed by atoms with Gasteiger partial charge in [-0.15, -0.1) is 0 Å². The molecule has 0 N–H and O–H groups in total. The zero-order valence-electron chi connectivity index (χ0n) is 20.9. The normalized spacial score (nSPS) is 21.9. The van der Waals surface area contributed by atoms with E-state index < -0.39 is 35.1 Å². The van der Waals surface area contributed by atoms with Crippen LogP contribution in [0.4, 0.5) is 14.5 Å². The van der Waals surface area contributed by atoms with Gasteiger partial charge in [0.2, 0.25) is 0 Å². The van der Waals surface area contributed by atoms with E-state index in [1.807, 2.05) is 0 Å². The summed E-state index contributed by atoms with van der Waals surface area (Å²) < 4.78 is 28.4. The fraction of sp³-hybridized carbons (Fsp3) is 0.121. The average molecular weight is 552 g/mol. The Morgan fingerprint density at radius 3 is 2.08 bits per heavy atom. The molecule has 3 aliphatic rings. The van der Waals surface area contributed by atoms with Crippen molar-refractivity contribution in [3.63, 3.8) is 0 Å². The molecule has 0 aromatic heterocycles. The molecule has 0 bridgehead atoms. The largest absolute Gasteiger partial charge is 0.352 e. The van der Waals surface area contributed by atoms with Crippen LogP contribution in [-0.4, -0.2) is 29.4 Å². The van der Waals surface area contributed by atoms with E-state index in [1.54, 1.807) is 71.6 Å². The third-order valence-corrected chi connectivity index (χ3v) is 8.64. The van der Waals surface area contributed by atoms with Gasteiger partial charge in [-0.25, -0.2) is 8.78 Å². The van der Waals surface area contributed by atoms with Gasteiger partial charge in [0, 0.05) is 38.9 Å². The van der Waals surface area contributed by atoms with Gasteiger partial charge in [-0.1, -0.05) is 60.2 Å². The number of fused-ring (bicyclic) bond motifs is 5. The lowest BCUT2D eigenvalue weighted by Gasteiger charge is -2.37. The molecule has 1 spiro atoms. The number of Topliss-reactive ketones (excluding diaryl/α,β-unsaturated/α-hetero) is 3. The van der Waals surface area contributed by atoms with Gasteiger partial charge in [0.15, 0.2) is 17.3 Å². The highest BCUT2D eigenvalue weighted by Crippen LogP contribution is 2.61. The number of nitrogens with zero attached hydrogens (tertiary/aromatic N) is 1. The summed E-state index contributed by atoms with van der Waals surface area (Å²) in [6.45, 7) is 0. The fourth-order valence-corrected chi connectivity index (χ4v) is 6.90. The molecule has 1 fully saturated rings. The summed E-state index contributed by atoms with van der Waals surface area (Å²) in [7, 11) is 0. The standard InChI is InChI=1S/C33H20ClF2NO3/c34-21-10-5-19(6-11-21)30(38)29-28(18-7-12-22(35)13-8-18)33(31(39)24-3-1-2-4-25(24)32(33)40)27-16-9-20-17-23(36)14-15-26(20)37(27)29/h1-17,27-29H/t27-,28-,29-/m0/s1. The van der Waals surface area contributed by atoms with Crippen molar-refractivity contribution < 1.29 is 23.2 Å². The summed E-state index contributed by atoms with van der Waals surface area (Å²) >= 11 is 6.10. The highest BCUT2D eigenvalue weighted by molar-refractivity contribution is 6.32. The summed E-state index contributed by atoms with van der Waals surface area (Å²) in [6, 6.07) is 21.0. The van der Waals surface area contributed by atoms with Gasteiger partial charge in [0.25, 0.3) is 0 Å². The molecule has 7 rings (SSSR count). The zero-order chi connectivity index (χ0) is 27.8. The monoisotopic (exact) mass is 551 g/mol. The Morgan fingerprint density at radius 1 is 0.800 bits per heavy atom. The maximum Gasteiger partial charge on any atom is 0.185 e. The molecule has 4 nitrogen and oxygen atoms in total. The maximum absolute atomic E-state index is 14.5. The Morgan fingerprint density at radius 2 is 1.43 bits per heavy atom. The second kappa shape index (κ2) is 8.80. The Labute approximate surface area is 233 Å². The number of rotatable bonds is 3. The average Bonchev–Trinajstić information content (AvgIpc) is 3.39. The van der Waals surface area contributed by atoms with Crippen LogP contribution in [0.5, 0.6) is 0 Å². The minimum absolute atomic E-state index is 0.289. The first-order valence-corrected chi connectivity index (χ1v) is 13.2.